The maximum absolute atomic E-state index is 12.5. The van der Waals surface area contributed by atoms with Crippen molar-refractivity contribution in [1.82, 2.24) is 0 Å². The molecule has 2 aromatic rings. The molecule has 0 saturated carbocycles. The van der Waals surface area contributed by atoms with E-state index in [2.05, 4.69) is 42.5 Å². The quantitative estimate of drug-likeness (QED) is 0.775. The lowest BCUT2D eigenvalue weighted by molar-refractivity contribution is 0.102. The van der Waals surface area contributed by atoms with Crippen LogP contribution in [-0.4, -0.2) is 19.1 Å². The van der Waals surface area contributed by atoms with E-state index in [1.54, 1.807) is 6.07 Å². The molecule has 0 fully saturated rings. The minimum absolute atomic E-state index is 0.196. The van der Waals surface area contributed by atoms with Gasteiger partial charge in [-0.15, -0.1) is 0 Å². The molecule has 6 heteroatoms. The molecule has 108 valence electrons. The second-order valence-corrected chi connectivity index (χ2v) is 6.31. The zero-order chi connectivity index (χ0) is 14.8. The Balaban J connectivity index is 1.89. The van der Waals surface area contributed by atoms with E-state index in [0.717, 1.165) is 21.2 Å². The third kappa shape index (κ3) is 3.06. The molecule has 1 aliphatic heterocycles. The number of fused-ring (bicyclic) bond motifs is 1. The Kier molecular flexibility index (Phi) is 4.17. The Bertz CT molecular complexity index is 704. The highest BCUT2D eigenvalue weighted by Crippen LogP contribution is 2.32. The Morgan fingerprint density at radius 1 is 1.24 bits per heavy atom. The summed E-state index contributed by atoms with van der Waals surface area (Å²) in [6, 6.07) is 11.1. The maximum Gasteiger partial charge on any atom is 0.259 e. The number of benzene rings is 2. The zero-order valence-corrected chi connectivity index (χ0v) is 14.1. The molecule has 0 aliphatic carbocycles. The zero-order valence-electron chi connectivity index (χ0n) is 11.0. The molecule has 21 heavy (non-hydrogen) atoms. The van der Waals surface area contributed by atoms with Crippen molar-refractivity contribution in [1.29, 1.82) is 0 Å². The predicted octanol–water partition coefficient (Wildman–Crippen LogP) is 4.27. The van der Waals surface area contributed by atoms with Crippen LogP contribution >= 0.6 is 31.9 Å². The van der Waals surface area contributed by atoms with E-state index < -0.39 is 0 Å². The SMILES string of the molecule is O=C(Nc1ccc(Br)cc1Br)c1cccc2c1OCCN2. The predicted molar refractivity (Wildman–Crippen MR) is 90.2 cm³/mol. The van der Waals surface area contributed by atoms with Crippen LogP contribution in [0, 0.1) is 0 Å². The number of nitrogens with one attached hydrogen (secondary N) is 2. The van der Waals surface area contributed by atoms with E-state index in [1.807, 2.05) is 30.3 Å². The number of hydrogen-bond acceptors (Lipinski definition) is 3. The molecule has 4 nitrogen and oxygen atoms in total. The molecule has 0 saturated heterocycles. The summed E-state index contributed by atoms with van der Waals surface area (Å²) < 4.78 is 7.38. The van der Waals surface area contributed by atoms with Crippen LogP contribution in [0.15, 0.2) is 45.3 Å². The van der Waals surface area contributed by atoms with Crippen LogP contribution in [0.3, 0.4) is 0 Å². The molecule has 0 spiro atoms. The highest BCUT2D eigenvalue weighted by molar-refractivity contribution is 9.11. The van der Waals surface area contributed by atoms with E-state index >= 15 is 0 Å². The third-order valence-corrected chi connectivity index (χ3v) is 4.25. The second-order valence-electron chi connectivity index (χ2n) is 4.54. The second kappa shape index (κ2) is 6.07. The molecule has 3 rings (SSSR count). The fourth-order valence-corrected chi connectivity index (χ4v) is 3.28. The fourth-order valence-electron chi connectivity index (χ4n) is 2.13. The molecule has 0 unspecified atom stereocenters. The van der Waals surface area contributed by atoms with Crippen LogP contribution in [-0.2, 0) is 0 Å². The topological polar surface area (TPSA) is 50.4 Å². The van der Waals surface area contributed by atoms with E-state index in [1.165, 1.54) is 0 Å². The van der Waals surface area contributed by atoms with Gasteiger partial charge in [0.1, 0.15) is 6.61 Å². The molecule has 1 amide bonds. The van der Waals surface area contributed by atoms with Crippen molar-refractivity contribution in [2.24, 2.45) is 0 Å². The molecule has 0 bridgehead atoms. The van der Waals surface area contributed by atoms with E-state index in [0.29, 0.717) is 23.6 Å². The first-order valence-corrected chi connectivity index (χ1v) is 8.00. The largest absolute Gasteiger partial charge is 0.489 e. The van der Waals surface area contributed by atoms with Crippen molar-refractivity contribution in [2.75, 3.05) is 23.8 Å². The van der Waals surface area contributed by atoms with Gasteiger partial charge in [-0.1, -0.05) is 22.0 Å². The lowest BCUT2D eigenvalue weighted by atomic mass is 10.1. The van der Waals surface area contributed by atoms with Crippen LogP contribution in [0.4, 0.5) is 11.4 Å². The first-order valence-electron chi connectivity index (χ1n) is 6.41. The summed E-state index contributed by atoms with van der Waals surface area (Å²) in [6.07, 6.45) is 0. The van der Waals surface area contributed by atoms with Crippen molar-refractivity contribution >= 4 is 49.1 Å². The Morgan fingerprint density at radius 2 is 2.10 bits per heavy atom. The van der Waals surface area contributed by atoms with Gasteiger partial charge in [0.25, 0.3) is 5.91 Å². The van der Waals surface area contributed by atoms with Crippen LogP contribution in [0.1, 0.15) is 10.4 Å². The van der Waals surface area contributed by atoms with E-state index in [4.69, 9.17) is 4.74 Å². The summed E-state index contributed by atoms with van der Waals surface area (Å²) in [5.41, 5.74) is 2.09. The van der Waals surface area contributed by atoms with Crippen molar-refractivity contribution in [3.63, 3.8) is 0 Å². The summed E-state index contributed by atoms with van der Waals surface area (Å²) in [4.78, 5) is 12.5. The maximum atomic E-state index is 12.5. The summed E-state index contributed by atoms with van der Waals surface area (Å²) in [7, 11) is 0. The number of para-hydroxylation sites is 1. The Labute approximate surface area is 139 Å². The number of hydrogen-bond donors (Lipinski definition) is 2. The smallest absolute Gasteiger partial charge is 0.259 e. The van der Waals surface area contributed by atoms with Gasteiger partial charge in [-0.05, 0) is 46.3 Å². The van der Waals surface area contributed by atoms with Gasteiger partial charge in [0.05, 0.1) is 16.9 Å². The summed E-state index contributed by atoms with van der Waals surface area (Å²) in [6.45, 7) is 1.30. The molecule has 1 aliphatic rings. The summed E-state index contributed by atoms with van der Waals surface area (Å²) in [5, 5.41) is 6.11. The molecule has 0 aromatic heterocycles. The van der Waals surface area contributed by atoms with Gasteiger partial charge in [-0.3, -0.25) is 4.79 Å². The van der Waals surface area contributed by atoms with Gasteiger partial charge in [0, 0.05) is 15.5 Å². The normalized spacial score (nSPS) is 12.9. The number of halogens is 2. The Morgan fingerprint density at radius 3 is 2.90 bits per heavy atom. The average molecular weight is 412 g/mol. The minimum atomic E-state index is -0.196. The van der Waals surface area contributed by atoms with Crippen LogP contribution in [0.25, 0.3) is 0 Å². The molecule has 1 heterocycles. The monoisotopic (exact) mass is 410 g/mol. The number of amides is 1. The standard InChI is InChI=1S/C15H12Br2N2O2/c16-9-4-5-12(11(17)8-9)19-15(20)10-2-1-3-13-14(10)21-7-6-18-13/h1-5,8,18H,6-7H2,(H,19,20). The molecular weight excluding hydrogens is 400 g/mol. The van der Waals surface area contributed by atoms with E-state index in [-0.39, 0.29) is 5.91 Å². The highest BCUT2D eigenvalue weighted by Gasteiger charge is 2.19. The number of ether oxygens (including phenoxy) is 1. The summed E-state index contributed by atoms with van der Waals surface area (Å²) in [5.74, 6) is 0.410. The van der Waals surface area contributed by atoms with Crippen molar-refractivity contribution in [3.8, 4) is 5.75 Å². The lowest BCUT2D eigenvalue weighted by Gasteiger charge is -2.21. The minimum Gasteiger partial charge on any atom is -0.489 e. The molecule has 2 aromatic carbocycles. The van der Waals surface area contributed by atoms with Gasteiger partial charge < -0.3 is 15.4 Å². The number of anilines is 2. The molecule has 0 atom stereocenters. The molecule has 0 radical (unpaired) electrons. The van der Waals surface area contributed by atoms with Crippen molar-refractivity contribution < 1.29 is 9.53 Å². The first-order chi connectivity index (χ1) is 10.1. The van der Waals surface area contributed by atoms with Gasteiger partial charge in [0.2, 0.25) is 0 Å². The molecule has 2 N–H and O–H groups in total. The van der Waals surface area contributed by atoms with Crippen molar-refractivity contribution in [2.45, 2.75) is 0 Å². The van der Waals surface area contributed by atoms with Gasteiger partial charge >= 0.3 is 0 Å². The van der Waals surface area contributed by atoms with Gasteiger partial charge in [-0.2, -0.15) is 0 Å². The number of carbonyl (C=O) groups is 1. The fraction of sp³-hybridized carbons (Fsp3) is 0.133. The Hall–Kier alpha value is -1.53. The first kappa shape index (κ1) is 14.4. The van der Waals surface area contributed by atoms with Gasteiger partial charge in [-0.25, -0.2) is 0 Å². The van der Waals surface area contributed by atoms with Gasteiger partial charge in [0.15, 0.2) is 5.75 Å². The third-order valence-electron chi connectivity index (χ3n) is 3.10. The average Bonchev–Trinajstić information content (AvgIpc) is 2.49. The van der Waals surface area contributed by atoms with Crippen LogP contribution < -0.4 is 15.4 Å². The van der Waals surface area contributed by atoms with Crippen molar-refractivity contribution in [3.05, 3.63) is 50.9 Å². The van der Waals surface area contributed by atoms with E-state index in [9.17, 15) is 4.79 Å². The number of rotatable bonds is 2. The summed E-state index contributed by atoms with van der Waals surface area (Å²) >= 11 is 6.82. The number of carbonyl (C=O) groups excluding carboxylic acids is 1. The lowest BCUT2D eigenvalue weighted by Crippen LogP contribution is -2.22. The van der Waals surface area contributed by atoms with Crippen LogP contribution in [0.5, 0.6) is 5.75 Å². The molecular formula is C15H12Br2N2O2. The highest BCUT2D eigenvalue weighted by atomic mass is 79.9. The van der Waals surface area contributed by atoms with Crippen LogP contribution in [0.2, 0.25) is 0 Å².